The van der Waals surface area contributed by atoms with Gasteiger partial charge in [-0.3, -0.25) is 4.98 Å². The van der Waals surface area contributed by atoms with E-state index in [9.17, 15) is 13.5 Å². The van der Waals surface area contributed by atoms with Gasteiger partial charge >= 0.3 is 0 Å². The van der Waals surface area contributed by atoms with Crippen molar-refractivity contribution in [1.82, 2.24) is 15.4 Å². The summed E-state index contributed by atoms with van der Waals surface area (Å²) in [6, 6.07) is 11.3. The molecular weight excluding hydrogens is 330 g/mol. The molecule has 8 heteroatoms. The highest BCUT2D eigenvalue weighted by Crippen LogP contribution is 2.22. The molecule has 124 valence electrons. The van der Waals surface area contributed by atoms with Gasteiger partial charge in [0.05, 0.1) is 27.8 Å². The average molecular weight is 345 g/mol. The third-order valence-corrected chi connectivity index (χ3v) is 4.71. The van der Waals surface area contributed by atoms with Gasteiger partial charge in [-0.1, -0.05) is 18.2 Å². The lowest BCUT2D eigenvalue weighted by atomic mass is 10.1. The molecule has 0 aliphatic heterocycles. The minimum Gasteiger partial charge on any atom is -0.372 e. The second-order valence-corrected chi connectivity index (χ2v) is 7.35. The number of nitrogens with one attached hydrogen (secondary N) is 1. The SMILES string of the molecule is CS(=O)(=O)c1ccc(-c2cnc3ccc(C(O)NO)cc3n2)cc1. The Kier molecular flexibility index (Phi) is 4.29. The number of aliphatic hydroxyl groups is 1. The van der Waals surface area contributed by atoms with Crippen LogP contribution in [0.1, 0.15) is 11.8 Å². The van der Waals surface area contributed by atoms with Crippen molar-refractivity contribution in [2.75, 3.05) is 6.26 Å². The Morgan fingerprint density at radius 2 is 1.79 bits per heavy atom. The zero-order valence-corrected chi connectivity index (χ0v) is 13.5. The zero-order valence-electron chi connectivity index (χ0n) is 12.7. The van der Waals surface area contributed by atoms with Crippen LogP contribution in [0.3, 0.4) is 0 Å². The second kappa shape index (κ2) is 6.25. The van der Waals surface area contributed by atoms with Crippen molar-refractivity contribution in [3.63, 3.8) is 0 Å². The number of fused-ring (bicyclic) bond motifs is 1. The molecule has 24 heavy (non-hydrogen) atoms. The predicted octanol–water partition coefficient (Wildman–Crippen LogP) is 1.67. The molecule has 3 rings (SSSR count). The summed E-state index contributed by atoms with van der Waals surface area (Å²) < 4.78 is 23.0. The number of aliphatic hydroxyl groups excluding tert-OH is 1. The van der Waals surface area contributed by atoms with Crippen LogP contribution in [-0.2, 0) is 9.84 Å². The van der Waals surface area contributed by atoms with Crippen LogP contribution in [0.2, 0.25) is 0 Å². The van der Waals surface area contributed by atoms with Crippen molar-refractivity contribution in [3.8, 4) is 11.3 Å². The maximum Gasteiger partial charge on any atom is 0.175 e. The van der Waals surface area contributed by atoms with Crippen LogP contribution in [0, 0.1) is 0 Å². The van der Waals surface area contributed by atoms with Gasteiger partial charge in [-0.05, 0) is 29.8 Å². The molecule has 7 nitrogen and oxygen atoms in total. The number of nitrogens with zero attached hydrogens (tertiary/aromatic N) is 2. The standard InChI is InChI=1S/C16H15N3O4S/c1-24(22,23)12-5-2-10(3-6-12)15-9-17-13-7-4-11(16(20)19-21)8-14(13)18-15/h2-9,16,19-21H,1H3. The lowest BCUT2D eigenvalue weighted by Crippen LogP contribution is -2.15. The Labute approximate surface area is 138 Å². The van der Waals surface area contributed by atoms with Crippen LogP contribution in [0.5, 0.6) is 0 Å². The number of sulfone groups is 1. The number of benzene rings is 2. The molecule has 2 aromatic carbocycles. The molecule has 0 amide bonds. The molecular formula is C16H15N3O4S. The Hall–Kier alpha value is -2.39. The van der Waals surface area contributed by atoms with Gasteiger partial charge in [0.1, 0.15) is 0 Å². The lowest BCUT2D eigenvalue weighted by molar-refractivity contribution is 0.000768. The summed E-state index contributed by atoms with van der Waals surface area (Å²) in [6.45, 7) is 0. The molecule has 1 heterocycles. The molecule has 0 spiro atoms. The van der Waals surface area contributed by atoms with Crippen LogP contribution < -0.4 is 5.48 Å². The third kappa shape index (κ3) is 3.26. The summed E-state index contributed by atoms with van der Waals surface area (Å²) in [4.78, 5) is 9.03. The highest BCUT2D eigenvalue weighted by Gasteiger charge is 2.10. The van der Waals surface area contributed by atoms with Gasteiger partial charge in [-0.2, -0.15) is 5.48 Å². The molecule has 3 N–H and O–H groups in total. The highest BCUT2D eigenvalue weighted by atomic mass is 32.2. The van der Waals surface area contributed by atoms with Crippen molar-refractivity contribution in [3.05, 3.63) is 54.2 Å². The summed E-state index contributed by atoms with van der Waals surface area (Å²) in [5.41, 5.74) is 4.70. The summed E-state index contributed by atoms with van der Waals surface area (Å²) in [7, 11) is -3.25. The van der Waals surface area contributed by atoms with E-state index < -0.39 is 16.1 Å². The number of hydrogen-bond donors (Lipinski definition) is 3. The normalized spacial score (nSPS) is 13.1. The largest absolute Gasteiger partial charge is 0.372 e. The van der Waals surface area contributed by atoms with Gasteiger partial charge in [-0.25, -0.2) is 13.4 Å². The van der Waals surface area contributed by atoms with Crippen molar-refractivity contribution in [2.45, 2.75) is 11.1 Å². The van der Waals surface area contributed by atoms with Gasteiger partial charge in [0.15, 0.2) is 16.1 Å². The number of aromatic nitrogens is 2. The molecule has 0 aliphatic carbocycles. The topological polar surface area (TPSA) is 112 Å². The molecule has 1 aromatic heterocycles. The van der Waals surface area contributed by atoms with E-state index in [1.165, 1.54) is 12.1 Å². The van der Waals surface area contributed by atoms with E-state index in [-0.39, 0.29) is 4.90 Å². The monoisotopic (exact) mass is 345 g/mol. The molecule has 0 bridgehead atoms. The highest BCUT2D eigenvalue weighted by molar-refractivity contribution is 7.90. The first kappa shape index (κ1) is 16.5. The molecule has 0 radical (unpaired) electrons. The van der Waals surface area contributed by atoms with E-state index >= 15 is 0 Å². The number of hydrogen-bond acceptors (Lipinski definition) is 7. The fourth-order valence-electron chi connectivity index (χ4n) is 2.29. The Balaban J connectivity index is 2.03. The van der Waals surface area contributed by atoms with Crippen molar-refractivity contribution >= 4 is 20.9 Å². The van der Waals surface area contributed by atoms with Gasteiger partial charge in [-0.15, -0.1) is 0 Å². The smallest absolute Gasteiger partial charge is 0.175 e. The quantitative estimate of drug-likeness (QED) is 0.487. The predicted molar refractivity (Wildman–Crippen MR) is 88.0 cm³/mol. The third-order valence-electron chi connectivity index (χ3n) is 3.58. The number of hydroxylamine groups is 1. The minimum atomic E-state index is -3.25. The first-order valence-corrected chi connectivity index (χ1v) is 8.92. The van der Waals surface area contributed by atoms with Crippen molar-refractivity contribution < 1.29 is 18.7 Å². The summed E-state index contributed by atoms with van der Waals surface area (Å²) in [5.74, 6) is 0. The molecule has 0 aliphatic rings. The number of rotatable bonds is 4. The van der Waals surface area contributed by atoms with Gasteiger partial charge in [0.25, 0.3) is 0 Å². The Bertz CT molecular complexity index is 988. The lowest BCUT2D eigenvalue weighted by Gasteiger charge is -2.09. The Morgan fingerprint density at radius 3 is 2.42 bits per heavy atom. The Morgan fingerprint density at radius 1 is 1.08 bits per heavy atom. The van der Waals surface area contributed by atoms with Crippen molar-refractivity contribution in [2.24, 2.45) is 0 Å². The van der Waals surface area contributed by atoms with E-state index in [0.29, 0.717) is 22.3 Å². The maximum absolute atomic E-state index is 11.5. The van der Waals surface area contributed by atoms with Crippen LogP contribution in [0.15, 0.2) is 53.6 Å². The fourth-order valence-corrected chi connectivity index (χ4v) is 2.92. The summed E-state index contributed by atoms with van der Waals surface area (Å²) in [6.07, 6.45) is 1.53. The van der Waals surface area contributed by atoms with E-state index in [1.54, 1.807) is 42.0 Å². The van der Waals surface area contributed by atoms with Crippen LogP contribution in [0.4, 0.5) is 0 Å². The fraction of sp³-hybridized carbons (Fsp3) is 0.125. The van der Waals surface area contributed by atoms with E-state index in [4.69, 9.17) is 5.21 Å². The van der Waals surface area contributed by atoms with Crippen molar-refractivity contribution in [1.29, 1.82) is 0 Å². The minimum absolute atomic E-state index is 0.236. The zero-order chi connectivity index (χ0) is 17.3. The first-order chi connectivity index (χ1) is 11.4. The molecule has 0 saturated carbocycles. The molecule has 0 saturated heterocycles. The molecule has 3 aromatic rings. The average Bonchev–Trinajstić information content (AvgIpc) is 2.59. The van der Waals surface area contributed by atoms with Gasteiger partial charge in [0.2, 0.25) is 0 Å². The first-order valence-electron chi connectivity index (χ1n) is 7.03. The van der Waals surface area contributed by atoms with E-state index in [0.717, 1.165) is 11.8 Å². The van der Waals surface area contributed by atoms with E-state index in [2.05, 4.69) is 9.97 Å². The van der Waals surface area contributed by atoms with Crippen LogP contribution in [0.25, 0.3) is 22.3 Å². The van der Waals surface area contributed by atoms with E-state index in [1.807, 2.05) is 0 Å². The van der Waals surface area contributed by atoms with Gasteiger partial charge < -0.3 is 10.3 Å². The van der Waals surface area contributed by atoms with Gasteiger partial charge in [0, 0.05) is 11.8 Å². The molecule has 0 fully saturated rings. The van der Waals surface area contributed by atoms with Crippen LogP contribution >= 0.6 is 0 Å². The maximum atomic E-state index is 11.5. The summed E-state index contributed by atoms with van der Waals surface area (Å²) in [5, 5.41) is 18.4. The summed E-state index contributed by atoms with van der Waals surface area (Å²) >= 11 is 0. The second-order valence-electron chi connectivity index (χ2n) is 5.33. The van der Waals surface area contributed by atoms with Crippen LogP contribution in [-0.4, -0.2) is 35.0 Å². The molecule has 1 unspecified atom stereocenters. The molecule has 1 atom stereocenters.